The Morgan fingerprint density at radius 3 is 2.90 bits per heavy atom. The molecule has 1 aliphatic rings. The molecule has 0 aromatic carbocycles. The lowest BCUT2D eigenvalue weighted by Gasteiger charge is -2.17. The van der Waals surface area contributed by atoms with Gasteiger partial charge in [0, 0.05) is 17.3 Å². The summed E-state index contributed by atoms with van der Waals surface area (Å²) in [5.41, 5.74) is 2.44. The summed E-state index contributed by atoms with van der Waals surface area (Å²) in [4.78, 5) is 19.4. The third kappa shape index (κ3) is 3.68. The van der Waals surface area contributed by atoms with E-state index in [1.807, 2.05) is 0 Å². The minimum Gasteiger partial charge on any atom is -0.481 e. The van der Waals surface area contributed by atoms with Crippen LogP contribution in [0.3, 0.4) is 0 Å². The lowest BCUT2D eigenvalue weighted by atomic mass is 10.0. The van der Waals surface area contributed by atoms with Gasteiger partial charge in [0.05, 0.1) is 5.92 Å². The summed E-state index contributed by atoms with van der Waals surface area (Å²) in [6, 6.07) is 0.301. The van der Waals surface area contributed by atoms with Crippen LogP contribution in [0.15, 0.2) is 6.33 Å². The van der Waals surface area contributed by atoms with Gasteiger partial charge in [0.25, 0.3) is 0 Å². The average molecular weight is 277 g/mol. The van der Waals surface area contributed by atoms with E-state index >= 15 is 0 Å². The number of fused-ring (bicyclic) bond motifs is 1. The second-order valence-electron chi connectivity index (χ2n) is 5.72. The molecule has 2 atom stereocenters. The molecule has 0 fully saturated rings. The van der Waals surface area contributed by atoms with Gasteiger partial charge in [-0.05, 0) is 39.0 Å². The number of aryl methyl sites for hydroxylation is 1. The summed E-state index contributed by atoms with van der Waals surface area (Å²) in [7, 11) is 0. The fourth-order valence-corrected chi connectivity index (χ4v) is 2.64. The van der Waals surface area contributed by atoms with Crippen LogP contribution in [0.25, 0.3) is 0 Å². The van der Waals surface area contributed by atoms with Crippen molar-refractivity contribution in [3.63, 3.8) is 0 Å². The number of anilines is 1. The molecular formula is C15H23N3O2. The van der Waals surface area contributed by atoms with Gasteiger partial charge in [0.2, 0.25) is 0 Å². The Morgan fingerprint density at radius 2 is 2.15 bits per heavy atom. The Labute approximate surface area is 119 Å². The Morgan fingerprint density at radius 1 is 1.35 bits per heavy atom. The molecule has 0 amide bonds. The number of carboxylic acids is 1. The zero-order valence-electron chi connectivity index (χ0n) is 12.2. The summed E-state index contributed by atoms with van der Waals surface area (Å²) >= 11 is 0. The number of nitrogens with one attached hydrogen (secondary N) is 1. The third-order valence-corrected chi connectivity index (χ3v) is 3.95. The Balaban J connectivity index is 1.82. The molecular weight excluding hydrogens is 254 g/mol. The number of rotatable bonds is 7. The Bertz CT molecular complexity index is 476. The van der Waals surface area contributed by atoms with Crippen LogP contribution in [0.1, 0.15) is 50.8 Å². The smallest absolute Gasteiger partial charge is 0.306 e. The summed E-state index contributed by atoms with van der Waals surface area (Å²) < 4.78 is 0. The van der Waals surface area contributed by atoms with Crippen molar-refractivity contribution in [1.29, 1.82) is 0 Å². The van der Waals surface area contributed by atoms with Crippen molar-refractivity contribution >= 4 is 11.8 Å². The minimum atomic E-state index is -0.709. The SMILES string of the molecule is CC(CCCC(C)C(=O)O)Nc1ncnc2c1CCC2. The number of hydrogen-bond donors (Lipinski definition) is 2. The molecule has 20 heavy (non-hydrogen) atoms. The molecule has 1 aliphatic carbocycles. The number of nitrogens with zero attached hydrogens (tertiary/aromatic N) is 2. The molecule has 0 saturated heterocycles. The first-order valence-corrected chi connectivity index (χ1v) is 7.40. The number of aromatic nitrogens is 2. The van der Waals surface area contributed by atoms with Crippen molar-refractivity contribution in [1.82, 2.24) is 9.97 Å². The van der Waals surface area contributed by atoms with E-state index in [2.05, 4.69) is 22.2 Å². The third-order valence-electron chi connectivity index (χ3n) is 3.95. The second kappa shape index (κ2) is 6.68. The van der Waals surface area contributed by atoms with Gasteiger partial charge in [-0.2, -0.15) is 0 Å². The monoisotopic (exact) mass is 277 g/mol. The van der Waals surface area contributed by atoms with Crippen LogP contribution in [0.4, 0.5) is 5.82 Å². The number of carboxylic acid groups (broad SMARTS) is 1. The summed E-state index contributed by atoms with van der Waals surface area (Å²) in [5, 5.41) is 12.3. The fraction of sp³-hybridized carbons (Fsp3) is 0.667. The quantitative estimate of drug-likeness (QED) is 0.801. The predicted molar refractivity (Wildman–Crippen MR) is 77.8 cm³/mol. The van der Waals surface area contributed by atoms with Gasteiger partial charge < -0.3 is 10.4 Å². The molecule has 0 aliphatic heterocycles. The number of aliphatic carboxylic acids is 1. The van der Waals surface area contributed by atoms with Crippen LogP contribution in [0.2, 0.25) is 0 Å². The maximum Gasteiger partial charge on any atom is 0.306 e. The molecule has 2 unspecified atom stereocenters. The van der Waals surface area contributed by atoms with Gasteiger partial charge in [-0.15, -0.1) is 0 Å². The molecule has 0 spiro atoms. The van der Waals surface area contributed by atoms with E-state index in [9.17, 15) is 4.79 Å². The highest BCUT2D eigenvalue weighted by molar-refractivity contribution is 5.69. The van der Waals surface area contributed by atoms with E-state index < -0.39 is 5.97 Å². The highest BCUT2D eigenvalue weighted by atomic mass is 16.4. The topological polar surface area (TPSA) is 75.1 Å². The van der Waals surface area contributed by atoms with E-state index in [0.717, 1.165) is 44.3 Å². The van der Waals surface area contributed by atoms with Crippen molar-refractivity contribution in [2.45, 2.75) is 58.4 Å². The number of hydrogen-bond acceptors (Lipinski definition) is 4. The predicted octanol–water partition coefficient (Wildman–Crippen LogP) is 2.66. The van der Waals surface area contributed by atoms with Gasteiger partial charge in [-0.3, -0.25) is 4.79 Å². The zero-order valence-corrected chi connectivity index (χ0v) is 12.2. The maximum absolute atomic E-state index is 10.8. The van der Waals surface area contributed by atoms with E-state index in [1.54, 1.807) is 13.3 Å². The van der Waals surface area contributed by atoms with Crippen molar-refractivity contribution in [2.75, 3.05) is 5.32 Å². The second-order valence-corrected chi connectivity index (χ2v) is 5.72. The Hall–Kier alpha value is -1.65. The molecule has 1 aromatic rings. The van der Waals surface area contributed by atoms with Crippen molar-refractivity contribution in [3.8, 4) is 0 Å². The molecule has 0 radical (unpaired) electrons. The van der Waals surface area contributed by atoms with Crippen LogP contribution < -0.4 is 5.32 Å². The minimum absolute atomic E-state index is 0.259. The average Bonchev–Trinajstić information content (AvgIpc) is 2.87. The zero-order chi connectivity index (χ0) is 14.5. The normalized spacial score (nSPS) is 16.5. The standard InChI is InChI=1S/C15H23N3O2/c1-10(15(19)20)5-3-6-11(2)18-14-12-7-4-8-13(12)16-9-17-14/h9-11H,3-8H2,1-2H3,(H,19,20)(H,16,17,18). The molecule has 110 valence electrons. The molecule has 5 heteroatoms. The number of carbonyl (C=O) groups is 1. The van der Waals surface area contributed by atoms with Crippen LogP contribution in [-0.2, 0) is 17.6 Å². The maximum atomic E-state index is 10.8. The van der Waals surface area contributed by atoms with Gasteiger partial charge in [-0.1, -0.05) is 13.3 Å². The summed E-state index contributed by atoms with van der Waals surface area (Å²) in [6.07, 6.45) is 7.49. The van der Waals surface area contributed by atoms with Crippen molar-refractivity contribution in [3.05, 3.63) is 17.6 Å². The van der Waals surface area contributed by atoms with Crippen molar-refractivity contribution in [2.24, 2.45) is 5.92 Å². The van der Waals surface area contributed by atoms with Crippen molar-refractivity contribution < 1.29 is 9.90 Å². The molecule has 5 nitrogen and oxygen atoms in total. The van der Waals surface area contributed by atoms with Crippen LogP contribution in [0.5, 0.6) is 0 Å². The van der Waals surface area contributed by atoms with Gasteiger partial charge in [0.15, 0.2) is 0 Å². The molecule has 0 bridgehead atoms. The van der Waals surface area contributed by atoms with Gasteiger partial charge >= 0.3 is 5.97 Å². The van der Waals surface area contributed by atoms with E-state index in [1.165, 1.54) is 11.3 Å². The molecule has 2 rings (SSSR count). The first-order chi connectivity index (χ1) is 9.58. The highest BCUT2D eigenvalue weighted by Gasteiger charge is 2.18. The molecule has 1 heterocycles. The first kappa shape index (κ1) is 14.8. The molecule has 2 N–H and O–H groups in total. The summed E-state index contributed by atoms with van der Waals surface area (Å²) in [6.45, 7) is 3.88. The first-order valence-electron chi connectivity index (χ1n) is 7.40. The van der Waals surface area contributed by atoms with E-state index in [0.29, 0.717) is 6.04 Å². The van der Waals surface area contributed by atoms with Crippen LogP contribution in [-0.4, -0.2) is 27.1 Å². The largest absolute Gasteiger partial charge is 0.481 e. The lowest BCUT2D eigenvalue weighted by Crippen LogP contribution is -2.18. The molecule has 0 saturated carbocycles. The molecule has 1 aromatic heterocycles. The van der Waals surface area contributed by atoms with E-state index in [-0.39, 0.29) is 5.92 Å². The van der Waals surface area contributed by atoms with Crippen LogP contribution in [0, 0.1) is 5.92 Å². The Kier molecular flexibility index (Phi) is 4.93. The highest BCUT2D eigenvalue weighted by Crippen LogP contribution is 2.26. The summed E-state index contributed by atoms with van der Waals surface area (Å²) in [5.74, 6) is -0.00369. The van der Waals surface area contributed by atoms with E-state index in [4.69, 9.17) is 5.11 Å². The van der Waals surface area contributed by atoms with Crippen LogP contribution >= 0.6 is 0 Å². The lowest BCUT2D eigenvalue weighted by molar-refractivity contribution is -0.141. The van der Waals surface area contributed by atoms with Gasteiger partial charge in [-0.25, -0.2) is 9.97 Å². The van der Waals surface area contributed by atoms with Gasteiger partial charge in [0.1, 0.15) is 12.1 Å². The fourth-order valence-electron chi connectivity index (χ4n) is 2.64.